The average molecular weight is 317 g/mol. The zero-order chi connectivity index (χ0) is 12.9. The maximum absolute atomic E-state index is 10.7. The Labute approximate surface area is 185 Å². The Balaban J connectivity index is -0.00000112. The minimum atomic E-state index is -2.92. The number of carboxylic acid groups (broad SMARTS) is 3. The second-order valence-electron chi connectivity index (χ2n) is 2.76. The molecule has 12 heteroatoms. The molecule has 0 aromatic rings. The van der Waals surface area contributed by atoms with Gasteiger partial charge in [-0.05, 0) is 0 Å². The van der Waals surface area contributed by atoms with Gasteiger partial charge in [0.25, 0.3) is 5.09 Å². The number of rotatable bonds is 7. The fourth-order valence-electron chi connectivity index (χ4n) is 0.949. The van der Waals surface area contributed by atoms with Gasteiger partial charge in [-0.25, -0.2) is 4.79 Å². The van der Waals surface area contributed by atoms with Gasteiger partial charge in [-0.15, -0.1) is 10.1 Å². The molecule has 0 aromatic heterocycles. The SMILES string of the molecule is O=C(O)CC(CC(=O)O)(O[N+](=O)[O-])C(=O)O.[KH].[KH]. The number of nitrogens with zero attached hydrogens (tertiary/aromatic N) is 1. The molecule has 0 heterocycles. The first-order chi connectivity index (χ1) is 7.19. The molecule has 10 nitrogen and oxygen atoms in total. The molecule has 0 radical (unpaired) electrons. The van der Waals surface area contributed by atoms with Crippen LogP contribution in [0, 0.1) is 10.1 Å². The standard InChI is InChI=1S/C6H7NO9.2K.2H/c8-3(9)1-6(5(12)13,2-4(10)11)16-7(14)15;;;;/h1-2H2,(H,8,9)(H,10,11)(H,12,13);;;;. The van der Waals surface area contributed by atoms with E-state index in [4.69, 9.17) is 15.3 Å². The van der Waals surface area contributed by atoms with Crippen LogP contribution in [0.4, 0.5) is 0 Å². The molecule has 18 heavy (non-hydrogen) atoms. The number of aliphatic carboxylic acids is 3. The predicted molar refractivity (Wildman–Crippen MR) is 57.2 cm³/mol. The van der Waals surface area contributed by atoms with Crippen LogP contribution in [0.15, 0.2) is 0 Å². The molecule has 0 aliphatic carbocycles. The number of carbonyl (C=O) groups is 3. The molecular weight excluding hydrogens is 308 g/mol. The molecule has 0 aromatic carbocycles. The van der Waals surface area contributed by atoms with Gasteiger partial charge in [0.15, 0.2) is 0 Å². The molecule has 0 saturated carbocycles. The molecule has 0 rings (SSSR count). The first-order valence-corrected chi connectivity index (χ1v) is 3.70. The van der Waals surface area contributed by atoms with Crippen LogP contribution in [0.25, 0.3) is 0 Å². The van der Waals surface area contributed by atoms with Crippen molar-refractivity contribution in [2.24, 2.45) is 0 Å². The first-order valence-electron chi connectivity index (χ1n) is 3.70. The molecule has 0 aliphatic rings. The number of hydrogen-bond donors (Lipinski definition) is 3. The molecule has 0 amide bonds. The Morgan fingerprint density at radius 2 is 1.39 bits per heavy atom. The Hall–Kier alpha value is 0.883. The average Bonchev–Trinajstić information content (AvgIpc) is 1.98. The van der Waals surface area contributed by atoms with Gasteiger partial charge in [0.1, 0.15) is 0 Å². The van der Waals surface area contributed by atoms with Gasteiger partial charge in [-0.2, -0.15) is 0 Å². The quantitative estimate of drug-likeness (QED) is 0.265. The number of carboxylic acids is 3. The summed E-state index contributed by atoms with van der Waals surface area (Å²) in [5.74, 6) is -5.50. The van der Waals surface area contributed by atoms with Crippen LogP contribution in [0.2, 0.25) is 0 Å². The third kappa shape index (κ3) is 8.89. The monoisotopic (exact) mass is 317 g/mol. The summed E-state index contributed by atoms with van der Waals surface area (Å²) in [4.78, 5) is 45.0. The van der Waals surface area contributed by atoms with E-state index in [0.717, 1.165) is 0 Å². The Morgan fingerprint density at radius 1 is 1.06 bits per heavy atom. The Bertz CT molecular complexity index is 303. The van der Waals surface area contributed by atoms with Crippen molar-refractivity contribution in [2.45, 2.75) is 18.4 Å². The second-order valence-corrected chi connectivity index (χ2v) is 2.76. The van der Waals surface area contributed by atoms with Crippen LogP contribution in [0.3, 0.4) is 0 Å². The molecule has 0 fully saturated rings. The van der Waals surface area contributed by atoms with Crippen molar-refractivity contribution in [1.82, 2.24) is 0 Å². The van der Waals surface area contributed by atoms with Crippen LogP contribution in [-0.2, 0) is 19.2 Å². The van der Waals surface area contributed by atoms with Crippen molar-refractivity contribution in [3.05, 3.63) is 10.1 Å². The van der Waals surface area contributed by atoms with Gasteiger partial charge >= 0.3 is 121 Å². The summed E-state index contributed by atoms with van der Waals surface area (Å²) in [6.45, 7) is 0. The predicted octanol–water partition coefficient (Wildman–Crippen LogP) is -2.33. The van der Waals surface area contributed by atoms with Crippen LogP contribution in [0.1, 0.15) is 12.8 Å². The summed E-state index contributed by atoms with van der Waals surface area (Å²) in [5.41, 5.74) is -2.92. The van der Waals surface area contributed by atoms with Crippen LogP contribution in [-0.4, -0.2) is 147 Å². The third-order valence-electron chi connectivity index (χ3n) is 1.51. The molecule has 94 valence electrons. The van der Waals surface area contributed by atoms with E-state index < -0.39 is 41.4 Å². The van der Waals surface area contributed by atoms with Gasteiger partial charge in [0.05, 0.1) is 12.8 Å². The van der Waals surface area contributed by atoms with Crippen molar-refractivity contribution in [3.63, 3.8) is 0 Å². The van der Waals surface area contributed by atoms with E-state index in [-0.39, 0.29) is 103 Å². The maximum atomic E-state index is 10.7. The zero-order valence-corrected chi connectivity index (χ0v) is 7.65. The van der Waals surface area contributed by atoms with Gasteiger partial charge < -0.3 is 15.3 Å². The van der Waals surface area contributed by atoms with Gasteiger partial charge in [-0.3, -0.25) is 14.4 Å². The van der Waals surface area contributed by atoms with Gasteiger partial charge in [0.2, 0.25) is 5.60 Å². The van der Waals surface area contributed by atoms with E-state index in [2.05, 4.69) is 4.84 Å². The first kappa shape index (κ1) is 23.9. The molecule has 0 bridgehead atoms. The van der Waals surface area contributed by atoms with Crippen molar-refractivity contribution in [2.75, 3.05) is 0 Å². The van der Waals surface area contributed by atoms with E-state index in [0.29, 0.717) is 0 Å². The topological polar surface area (TPSA) is 164 Å². The van der Waals surface area contributed by atoms with Crippen molar-refractivity contribution in [1.29, 1.82) is 0 Å². The fraction of sp³-hybridized carbons (Fsp3) is 0.500. The summed E-state index contributed by atoms with van der Waals surface area (Å²) < 4.78 is 0. The van der Waals surface area contributed by atoms with Crippen LogP contribution >= 0.6 is 0 Å². The molecule has 3 N–H and O–H groups in total. The van der Waals surface area contributed by atoms with Crippen molar-refractivity contribution < 1.29 is 39.6 Å². The van der Waals surface area contributed by atoms with Crippen molar-refractivity contribution in [3.8, 4) is 0 Å². The summed E-state index contributed by atoms with van der Waals surface area (Å²) >= 11 is 0. The van der Waals surface area contributed by atoms with Gasteiger partial charge in [0, 0.05) is 0 Å². The molecule has 0 atom stereocenters. The van der Waals surface area contributed by atoms with E-state index in [1.165, 1.54) is 0 Å². The fourth-order valence-corrected chi connectivity index (χ4v) is 0.949. The summed E-state index contributed by atoms with van der Waals surface area (Å²) in [7, 11) is 0. The number of hydrogen-bond acceptors (Lipinski definition) is 6. The zero-order valence-electron chi connectivity index (χ0n) is 7.65. The summed E-state index contributed by atoms with van der Waals surface area (Å²) in [6.07, 6.45) is -2.68. The third-order valence-corrected chi connectivity index (χ3v) is 1.51. The molecule has 0 saturated heterocycles. The molecule has 0 aliphatic heterocycles. The van der Waals surface area contributed by atoms with E-state index in [1.54, 1.807) is 0 Å². The van der Waals surface area contributed by atoms with E-state index >= 15 is 0 Å². The Morgan fingerprint density at radius 3 is 1.56 bits per heavy atom. The minimum absolute atomic E-state index is 0. The van der Waals surface area contributed by atoms with Gasteiger partial charge in [-0.1, -0.05) is 0 Å². The second kappa shape index (κ2) is 10.6. The van der Waals surface area contributed by atoms with E-state index in [9.17, 15) is 24.5 Å². The molecular formula is C6H9K2NO9. The summed E-state index contributed by atoms with van der Waals surface area (Å²) in [5, 5.41) is 33.8. The van der Waals surface area contributed by atoms with Crippen molar-refractivity contribution >= 4 is 121 Å². The van der Waals surface area contributed by atoms with Crippen LogP contribution in [0.5, 0.6) is 0 Å². The Kier molecular flexibility index (Phi) is 14.2. The van der Waals surface area contributed by atoms with E-state index in [1.807, 2.05) is 0 Å². The molecule has 0 spiro atoms. The normalized spacial score (nSPS) is 9.33. The summed E-state index contributed by atoms with van der Waals surface area (Å²) in [6, 6.07) is 0. The van der Waals surface area contributed by atoms with Crippen LogP contribution < -0.4 is 0 Å². The molecule has 0 unspecified atom stereocenters.